The Labute approximate surface area is 569 Å². The van der Waals surface area contributed by atoms with Crippen LogP contribution in [0.5, 0.6) is 0 Å². The van der Waals surface area contributed by atoms with Gasteiger partial charge in [-0.05, 0) is 153 Å². The van der Waals surface area contributed by atoms with Gasteiger partial charge in [-0.3, -0.25) is 0 Å². The molecule has 0 radical (unpaired) electrons. The lowest BCUT2D eigenvalue weighted by Gasteiger charge is -2.45. The molecule has 3 heterocycles. The number of benzene rings is 17. The van der Waals surface area contributed by atoms with Crippen LogP contribution in [0.2, 0.25) is 0 Å². The second-order valence-electron chi connectivity index (χ2n) is 26.1. The van der Waals surface area contributed by atoms with E-state index in [1.54, 1.807) is 0 Å². The van der Waals surface area contributed by atoms with Crippen LogP contribution in [0.25, 0.3) is 137 Å². The summed E-state index contributed by atoms with van der Waals surface area (Å²) in [5.41, 5.74) is 27.9. The van der Waals surface area contributed by atoms with Crippen molar-refractivity contribution in [1.82, 2.24) is 4.57 Å². The highest BCUT2D eigenvalue weighted by molar-refractivity contribution is 7.00. The van der Waals surface area contributed by atoms with E-state index in [1.807, 2.05) is 0 Å². The third kappa shape index (κ3) is 8.51. The zero-order valence-electron chi connectivity index (χ0n) is 53.6. The Morgan fingerprint density at radius 1 is 0.214 bits per heavy atom. The Kier molecular flexibility index (Phi) is 12.8. The van der Waals surface area contributed by atoms with Gasteiger partial charge in [-0.25, -0.2) is 0 Å². The topological polar surface area (TPSA) is 11.4 Å². The van der Waals surface area contributed by atoms with Gasteiger partial charge in [0.25, 0.3) is 6.71 Å². The van der Waals surface area contributed by atoms with Crippen LogP contribution in [0.15, 0.2) is 364 Å². The van der Waals surface area contributed by atoms with Crippen molar-refractivity contribution in [3.05, 3.63) is 364 Å². The molecule has 0 aliphatic carbocycles. The summed E-state index contributed by atoms with van der Waals surface area (Å²) in [7, 11) is 0. The van der Waals surface area contributed by atoms with Gasteiger partial charge in [-0.2, -0.15) is 0 Å². The van der Waals surface area contributed by atoms with Crippen LogP contribution in [0.3, 0.4) is 0 Å². The summed E-state index contributed by atoms with van der Waals surface area (Å²) in [5, 5.41) is 12.3. The number of rotatable bonds is 9. The molecule has 2 aliphatic rings. The van der Waals surface area contributed by atoms with Gasteiger partial charge >= 0.3 is 0 Å². The Bertz CT molecular complexity index is 6030. The van der Waals surface area contributed by atoms with Crippen LogP contribution in [0.1, 0.15) is 0 Å². The Morgan fingerprint density at radius 3 is 1.08 bits per heavy atom. The summed E-state index contributed by atoms with van der Waals surface area (Å²) < 4.78 is 2.48. The third-order valence-corrected chi connectivity index (χ3v) is 20.9. The maximum absolute atomic E-state index is 2.66. The first kappa shape index (κ1) is 55.7. The minimum atomic E-state index is -0.204. The lowest BCUT2D eigenvalue weighted by Crippen LogP contribution is -2.61. The largest absolute Gasteiger partial charge is 0.310 e. The number of anilines is 6. The zero-order valence-corrected chi connectivity index (χ0v) is 53.6. The minimum absolute atomic E-state index is 0.204. The van der Waals surface area contributed by atoms with Crippen molar-refractivity contribution in [3.8, 4) is 72.4 Å². The molecule has 0 unspecified atom stereocenters. The van der Waals surface area contributed by atoms with Gasteiger partial charge in [-0.15, -0.1) is 0 Å². The monoisotopic (exact) mass is 1240 g/mol. The molecule has 0 N–H and O–H groups in total. The van der Waals surface area contributed by atoms with E-state index in [2.05, 4.69) is 378 Å². The first-order valence-electron chi connectivity index (χ1n) is 34.0. The van der Waals surface area contributed by atoms with Crippen LogP contribution in [-0.4, -0.2) is 11.3 Å². The normalized spacial score (nSPS) is 12.4. The van der Waals surface area contributed by atoms with Gasteiger partial charge in [0.2, 0.25) is 0 Å². The second kappa shape index (κ2) is 22.5. The number of fused-ring (bicyclic) bond motifs is 12. The molecule has 0 spiro atoms. The highest BCUT2D eigenvalue weighted by Gasteiger charge is 2.45. The maximum Gasteiger partial charge on any atom is 0.252 e. The zero-order chi connectivity index (χ0) is 64.4. The van der Waals surface area contributed by atoms with E-state index in [4.69, 9.17) is 0 Å². The van der Waals surface area contributed by atoms with Crippen LogP contribution in [-0.2, 0) is 0 Å². The molecule has 20 rings (SSSR count). The number of hydrogen-bond acceptors (Lipinski definition) is 2. The minimum Gasteiger partial charge on any atom is -0.310 e. The van der Waals surface area contributed by atoms with Crippen molar-refractivity contribution in [2.45, 2.75) is 0 Å². The fourth-order valence-corrected chi connectivity index (χ4v) is 16.9. The first-order chi connectivity index (χ1) is 48.7. The van der Waals surface area contributed by atoms with E-state index >= 15 is 0 Å². The SMILES string of the molecule is c1ccc(-c2cccc(-c3ccccc3)c2N2c3cc(-c4c5ccccc5c(-c5cc6ccccc6c6ccccc56)c5ccccc45)ccc3B3c4ccc(-n5c6ccccc6c6ccccc65)cc4N(c4c(-c5ccccc5)cccc4-c4ccccc4)c4cccc2c43)cc1. The molecule has 4 heteroatoms. The van der Waals surface area contributed by atoms with Gasteiger partial charge in [0.1, 0.15) is 0 Å². The molecule has 0 bridgehead atoms. The van der Waals surface area contributed by atoms with Gasteiger partial charge < -0.3 is 14.4 Å². The molecule has 98 heavy (non-hydrogen) atoms. The number of aromatic nitrogens is 1. The average molecular weight is 1240 g/mol. The van der Waals surface area contributed by atoms with Crippen LogP contribution in [0, 0.1) is 0 Å². The summed E-state index contributed by atoms with van der Waals surface area (Å²) in [4.78, 5) is 5.31. The lowest BCUT2D eigenvalue weighted by atomic mass is 9.33. The van der Waals surface area contributed by atoms with Gasteiger partial charge in [0.05, 0.1) is 22.4 Å². The number of hydrogen-bond donors (Lipinski definition) is 0. The summed E-state index contributed by atoms with van der Waals surface area (Å²) in [6.07, 6.45) is 0. The van der Waals surface area contributed by atoms with Crippen LogP contribution in [0.4, 0.5) is 34.1 Å². The van der Waals surface area contributed by atoms with E-state index < -0.39 is 0 Å². The molecule has 1 aromatic heterocycles. The van der Waals surface area contributed by atoms with Crippen molar-refractivity contribution < 1.29 is 0 Å². The van der Waals surface area contributed by atoms with E-state index in [0.717, 1.165) is 89.9 Å². The van der Waals surface area contributed by atoms with E-state index in [0.29, 0.717) is 0 Å². The lowest BCUT2D eigenvalue weighted by molar-refractivity contribution is 1.17. The van der Waals surface area contributed by atoms with E-state index in [1.165, 1.54) is 98.0 Å². The standard InChI is InChI=1S/C94H60BN3/c1-5-28-61(29-6-1)69-46-25-47-70(62-30-7-2-8-31-62)93(69)97-86-52-27-53-87-92(86)95(82-56-54-66(59-88(82)97)90-77-42-17-19-44-79(77)91(80-45-20-18-43-78(80)90)81-58-65-36-13-14-37-68(65)73-38-15-16-39-74(73)81)83-57-55-67(96-84-50-23-21-40-75(84)76-41-22-24-51-85(76)96)60-89(83)98(87)94-71(63-32-9-3-10-33-63)48-26-49-72(94)64-34-11-4-12-35-64/h1-60H. The quantitative estimate of drug-likeness (QED) is 0.0811. The molecule has 454 valence electrons. The molecule has 0 fully saturated rings. The van der Waals surface area contributed by atoms with Crippen molar-refractivity contribution >= 4 is 122 Å². The van der Waals surface area contributed by atoms with Gasteiger partial charge in [0, 0.05) is 61.5 Å². The molecule has 2 aliphatic heterocycles. The third-order valence-electron chi connectivity index (χ3n) is 20.9. The predicted molar refractivity (Wildman–Crippen MR) is 417 cm³/mol. The van der Waals surface area contributed by atoms with E-state index in [-0.39, 0.29) is 6.71 Å². The Morgan fingerprint density at radius 2 is 0.592 bits per heavy atom. The van der Waals surface area contributed by atoms with Crippen LogP contribution >= 0.6 is 0 Å². The molecule has 0 atom stereocenters. The molecule has 0 saturated carbocycles. The molecule has 18 aromatic rings. The molecule has 0 saturated heterocycles. The maximum atomic E-state index is 2.66. The number of nitrogens with zero attached hydrogens (tertiary/aromatic N) is 3. The van der Waals surface area contributed by atoms with Crippen molar-refractivity contribution in [2.75, 3.05) is 9.80 Å². The summed E-state index contributed by atoms with van der Waals surface area (Å²) in [5.74, 6) is 0. The van der Waals surface area contributed by atoms with Gasteiger partial charge in [-0.1, -0.05) is 315 Å². The van der Waals surface area contributed by atoms with Crippen LogP contribution < -0.4 is 26.2 Å². The summed E-state index contributed by atoms with van der Waals surface area (Å²) in [6.45, 7) is -0.204. The molecular formula is C94H60BN3. The average Bonchev–Trinajstić information content (AvgIpc) is 1.13. The summed E-state index contributed by atoms with van der Waals surface area (Å²) in [6, 6.07) is 136. The highest BCUT2D eigenvalue weighted by atomic mass is 15.2. The fourth-order valence-electron chi connectivity index (χ4n) is 16.9. The van der Waals surface area contributed by atoms with Crippen molar-refractivity contribution in [2.24, 2.45) is 0 Å². The van der Waals surface area contributed by atoms with E-state index in [9.17, 15) is 0 Å². The summed E-state index contributed by atoms with van der Waals surface area (Å²) >= 11 is 0. The van der Waals surface area contributed by atoms with Crippen molar-refractivity contribution in [3.63, 3.8) is 0 Å². The molecule has 17 aromatic carbocycles. The highest BCUT2D eigenvalue weighted by Crippen LogP contribution is 2.55. The molecule has 0 amide bonds. The van der Waals surface area contributed by atoms with Crippen molar-refractivity contribution in [1.29, 1.82) is 0 Å². The smallest absolute Gasteiger partial charge is 0.252 e. The molecule has 3 nitrogen and oxygen atoms in total. The fraction of sp³-hybridized carbons (Fsp3) is 0. The first-order valence-corrected chi connectivity index (χ1v) is 34.0. The number of para-hydroxylation sites is 4. The molecular weight excluding hydrogens is 1180 g/mol. The Balaban J connectivity index is 0.910. The Hall–Kier alpha value is -12.8. The predicted octanol–water partition coefficient (Wildman–Crippen LogP) is 23.5. The second-order valence-corrected chi connectivity index (χ2v) is 26.1. The van der Waals surface area contributed by atoms with Gasteiger partial charge in [0.15, 0.2) is 0 Å².